The maximum atomic E-state index is 14.0. The first-order valence-electron chi connectivity index (χ1n) is 21.9. The van der Waals surface area contributed by atoms with Crippen LogP contribution in [0.4, 0.5) is 21.0 Å². The zero-order valence-electron chi connectivity index (χ0n) is 38.2. The number of carbonyl (C=O) groups is 11. The third-order valence-corrected chi connectivity index (χ3v) is 10.5. The number of primary amides is 3. The fourth-order valence-electron chi connectivity index (χ4n) is 6.53. The maximum Gasteiger partial charge on any atom is 0.323 e. The SMILES string of the molecule is CCC(C)[C@H](NC(=O)[C@H](CCC(N)=O)NC(=O)[C@H](CCCC(=O)O)NC(=O)[C@H](CCCCNC(N)=O)NC(=O)Cc1ccc(NC(=O)Nc2ccccc2C)cc1)C(=O)N[C@@H](CC(=O)O)C(N)=O. The lowest BCUT2D eigenvalue weighted by Gasteiger charge is -2.29. The number of para-hydroxylation sites is 1. The molecule has 0 heterocycles. The van der Waals surface area contributed by atoms with Gasteiger partial charge in [-0.1, -0.05) is 50.6 Å². The van der Waals surface area contributed by atoms with Crippen molar-refractivity contribution in [2.24, 2.45) is 23.1 Å². The molecule has 0 saturated heterocycles. The third-order valence-electron chi connectivity index (χ3n) is 10.5. The molecule has 0 aliphatic heterocycles. The molecule has 24 heteroatoms. The van der Waals surface area contributed by atoms with Crippen LogP contribution in [0.1, 0.15) is 89.2 Å². The topological polar surface area (TPSA) is 403 Å². The molecule has 0 saturated carbocycles. The molecule has 6 atom stereocenters. The molecule has 0 aliphatic rings. The number of amides is 11. The highest BCUT2D eigenvalue weighted by molar-refractivity contribution is 6.00. The maximum absolute atomic E-state index is 14.0. The van der Waals surface area contributed by atoms with E-state index in [-0.39, 0.29) is 45.1 Å². The van der Waals surface area contributed by atoms with Crippen LogP contribution in [0.25, 0.3) is 0 Å². The molecular weight excluding hydrogens is 891 g/mol. The molecule has 0 bridgehead atoms. The Morgan fingerprint density at radius 2 is 1.19 bits per heavy atom. The van der Waals surface area contributed by atoms with Crippen molar-refractivity contribution in [1.82, 2.24) is 31.9 Å². The van der Waals surface area contributed by atoms with Crippen LogP contribution in [-0.2, 0) is 49.6 Å². The number of benzene rings is 2. The van der Waals surface area contributed by atoms with Gasteiger partial charge in [0.25, 0.3) is 0 Å². The number of carboxylic acid groups (broad SMARTS) is 2. The number of rotatable bonds is 30. The van der Waals surface area contributed by atoms with E-state index < -0.39 is 127 Å². The molecule has 68 heavy (non-hydrogen) atoms. The van der Waals surface area contributed by atoms with Crippen LogP contribution in [-0.4, -0.2) is 112 Å². The van der Waals surface area contributed by atoms with E-state index in [2.05, 4.69) is 42.5 Å². The quantitative estimate of drug-likeness (QED) is 0.0458. The van der Waals surface area contributed by atoms with Crippen LogP contribution in [0.15, 0.2) is 48.5 Å². The van der Waals surface area contributed by atoms with Crippen LogP contribution < -0.4 is 59.7 Å². The monoisotopic (exact) mass is 953 g/mol. The zero-order chi connectivity index (χ0) is 50.9. The van der Waals surface area contributed by atoms with Gasteiger partial charge in [-0.05, 0) is 80.7 Å². The minimum atomic E-state index is -1.63. The van der Waals surface area contributed by atoms with Crippen LogP contribution in [0.5, 0.6) is 0 Å². The van der Waals surface area contributed by atoms with Crippen molar-refractivity contribution in [1.29, 1.82) is 0 Å². The Hall–Kier alpha value is -7.79. The molecular formula is C44H63N11O13. The Morgan fingerprint density at radius 1 is 0.618 bits per heavy atom. The number of hydrogen-bond acceptors (Lipinski definition) is 11. The molecule has 2 aromatic rings. The average Bonchev–Trinajstić information content (AvgIpc) is 3.26. The smallest absolute Gasteiger partial charge is 0.323 e. The van der Waals surface area contributed by atoms with Crippen molar-refractivity contribution in [2.45, 2.75) is 122 Å². The molecule has 372 valence electrons. The number of unbranched alkanes of at least 4 members (excludes halogenated alkanes) is 1. The second-order valence-electron chi connectivity index (χ2n) is 16.0. The molecule has 0 fully saturated rings. The number of carboxylic acids is 2. The summed E-state index contributed by atoms with van der Waals surface area (Å²) in [5, 5.41) is 38.7. The van der Waals surface area contributed by atoms with Gasteiger partial charge >= 0.3 is 24.0 Å². The van der Waals surface area contributed by atoms with Crippen molar-refractivity contribution in [3.8, 4) is 0 Å². The van der Waals surface area contributed by atoms with Gasteiger partial charge in [-0.2, -0.15) is 0 Å². The van der Waals surface area contributed by atoms with E-state index in [0.29, 0.717) is 23.4 Å². The van der Waals surface area contributed by atoms with E-state index in [1.165, 1.54) is 0 Å². The van der Waals surface area contributed by atoms with E-state index >= 15 is 0 Å². The summed E-state index contributed by atoms with van der Waals surface area (Å²) in [5.41, 5.74) is 18.2. The predicted octanol–water partition coefficient (Wildman–Crippen LogP) is -0.0294. The number of aliphatic carboxylic acids is 2. The fourth-order valence-corrected chi connectivity index (χ4v) is 6.53. The number of hydrogen-bond donors (Lipinski definition) is 13. The summed E-state index contributed by atoms with van der Waals surface area (Å²) in [7, 11) is 0. The molecule has 1 unspecified atom stereocenters. The second-order valence-corrected chi connectivity index (χ2v) is 16.0. The van der Waals surface area contributed by atoms with E-state index in [0.717, 1.165) is 5.56 Å². The number of urea groups is 2. The standard InChI is InChI=1S/C44H63N11O13/c1-4-24(2)37(42(66)53-32(38(46)62)23-36(60)61)55-41(65)31(19-20-33(45)56)52-40(64)30(13-9-14-35(58)59)51-39(63)29(12-7-8-21-48-43(47)67)50-34(57)22-26-15-17-27(18-16-26)49-44(68)54-28-11-6-5-10-25(28)3/h5-6,10-11,15-18,24,29-32,37H,4,7-9,12-14,19-23H2,1-3H3,(H2,45,56)(H2,46,62)(H,50,57)(H,51,63)(H,52,64)(H,53,66)(H,55,65)(H,58,59)(H,60,61)(H3,47,48,67)(H2,49,54,68)/t24?,29-,30-,31-,32-,37-/m0/s1. The lowest BCUT2D eigenvalue weighted by Crippen LogP contribution is -2.60. The third kappa shape index (κ3) is 21.5. The lowest BCUT2D eigenvalue weighted by atomic mass is 9.96. The Morgan fingerprint density at radius 3 is 1.75 bits per heavy atom. The van der Waals surface area contributed by atoms with E-state index in [1.807, 2.05) is 19.1 Å². The van der Waals surface area contributed by atoms with Gasteiger partial charge in [-0.15, -0.1) is 0 Å². The number of aryl methyl sites for hydroxylation is 1. The van der Waals surface area contributed by atoms with Crippen LogP contribution in [0.2, 0.25) is 0 Å². The average molecular weight is 954 g/mol. The molecule has 24 nitrogen and oxygen atoms in total. The Balaban J connectivity index is 2.33. The Kier molecular flexibility index (Phi) is 24.0. The van der Waals surface area contributed by atoms with Gasteiger partial charge < -0.3 is 69.9 Å². The largest absolute Gasteiger partial charge is 0.481 e. The summed E-state index contributed by atoms with van der Waals surface area (Å²) in [5.74, 6) is -9.77. The highest BCUT2D eigenvalue weighted by atomic mass is 16.4. The summed E-state index contributed by atoms with van der Waals surface area (Å²) < 4.78 is 0. The summed E-state index contributed by atoms with van der Waals surface area (Å²) >= 11 is 0. The highest BCUT2D eigenvalue weighted by Gasteiger charge is 2.34. The van der Waals surface area contributed by atoms with Gasteiger partial charge in [0.15, 0.2) is 0 Å². The van der Waals surface area contributed by atoms with Crippen molar-refractivity contribution < 1.29 is 63.0 Å². The minimum Gasteiger partial charge on any atom is -0.481 e. The predicted molar refractivity (Wildman–Crippen MR) is 246 cm³/mol. The Labute approximate surface area is 392 Å². The molecule has 2 aromatic carbocycles. The second kappa shape index (κ2) is 29.0. The summed E-state index contributed by atoms with van der Waals surface area (Å²) in [4.78, 5) is 139. The summed E-state index contributed by atoms with van der Waals surface area (Å²) in [6.07, 6.45) is -1.92. The van der Waals surface area contributed by atoms with Crippen molar-refractivity contribution >= 4 is 76.7 Å². The van der Waals surface area contributed by atoms with Crippen LogP contribution in [0, 0.1) is 12.8 Å². The van der Waals surface area contributed by atoms with E-state index in [9.17, 15) is 63.0 Å². The van der Waals surface area contributed by atoms with Gasteiger partial charge in [0.1, 0.15) is 30.2 Å². The zero-order valence-corrected chi connectivity index (χ0v) is 38.2. The molecule has 0 aromatic heterocycles. The van der Waals surface area contributed by atoms with E-state index in [1.54, 1.807) is 50.2 Å². The first-order chi connectivity index (χ1) is 32.1. The normalized spacial score (nSPS) is 13.3. The lowest BCUT2D eigenvalue weighted by molar-refractivity contribution is -0.141. The number of nitrogens with one attached hydrogen (secondary N) is 8. The minimum absolute atomic E-state index is 0.00782. The molecule has 2 rings (SSSR count). The first-order valence-corrected chi connectivity index (χ1v) is 21.9. The van der Waals surface area contributed by atoms with Crippen molar-refractivity contribution in [3.05, 3.63) is 59.7 Å². The molecule has 0 aliphatic carbocycles. The number of anilines is 2. The fraction of sp³-hybridized carbons (Fsp3) is 0.477. The van der Waals surface area contributed by atoms with Crippen LogP contribution >= 0.6 is 0 Å². The molecule has 0 radical (unpaired) electrons. The highest BCUT2D eigenvalue weighted by Crippen LogP contribution is 2.16. The molecule has 11 amide bonds. The van der Waals surface area contributed by atoms with Crippen molar-refractivity contribution in [3.63, 3.8) is 0 Å². The molecule has 16 N–H and O–H groups in total. The summed E-state index contributed by atoms with van der Waals surface area (Å²) in [6, 6.07) is 4.85. The van der Waals surface area contributed by atoms with Crippen molar-refractivity contribution in [2.75, 3.05) is 17.2 Å². The summed E-state index contributed by atoms with van der Waals surface area (Å²) in [6.45, 7) is 5.23. The van der Waals surface area contributed by atoms with Gasteiger partial charge in [0.05, 0.1) is 12.8 Å². The number of nitrogens with two attached hydrogens (primary N) is 3. The first kappa shape index (κ1) is 56.3. The number of carbonyl (C=O) groups excluding carboxylic acids is 9. The van der Waals surface area contributed by atoms with Gasteiger partial charge in [0, 0.05) is 30.8 Å². The molecule has 0 spiro atoms. The van der Waals surface area contributed by atoms with Gasteiger partial charge in [0.2, 0.25) is 41.4 Å². The van der Waals surface area contributed by atoms with Crippen LogP contribution in [0.3, 0.4) is 0 Å². The Bertz CT molecular complexity index is 2120. The van der Waals surface area contributed by atoms with Gasteiger partial charge in [-0.25, -0.2) is 9.59 Å². The van der Waals surface area contributed by atoms with Gasteiger partial charge in [-0.3, -0.25) is 43.2 Å². The van der Waals surface area contributed by atoms with E-state index in [4.69, 9.17) is 17.2 Å².